The van der Waals surface area contributed by atoms with Gasteiger partial charge in [-0.15, -0.1) is 59.7 Å². The van der Waals surface area contributed by atoms with E-state index >= 15 is 4.39 Å². The third kappa shape index (κ3) is 9.48. The van der Waals surface area contributed by atoms with Crippen LogP contribution in [0.5, 0.6) is 0 Å². The smallest absolute Gasteiger partial charge is 0.124 e. The van der Waals surface area contributed by atoms with Crippen molar-refractivity contribution in [2.45, 2.75) is 59.6 Å². The van der Waals surface area contributed by atoms with Gasteiger partial charge in [0, 0.05) is 39.3 Å². The van der Waals surface area contributed by atoms with Crippen molar-refractivity contribution in [1.29, 1.82) is 0 Å². The van der Waals surface area contributed by atoms with E-state index in [4.69, 9.17) is 7.73 Å². The van der Waals surface area contributed by atoms with Gasteiger partial charge in [0.1, 0.15) is 5.82 Å². The summed E-state index contributed by atoms with van der Waals surface area (Å²) in [6.45, 7) is 14.8. The molecule has 0 aliphatic heterocycles. The third-order valence-corrected chi connectivity index (χ3v) is 14.7. The number of rotatable bonds is 9. The fourth-order valence-electron chi connectivity index (χ4n) is 8.48. The molecule has 10 rings (SSSR count). The van der Waals surface area contributed by atoms with Gasteiger partial charge in [0.25, 0.3) is 0 Å². The molecule has 7 aromatic carbocycles. The van der Waals surface area contributed by atoms with E-state index in [0.29, 0.717) is 0 Å². The molecule has 0 saturated heterocycles. The van der Waals surface area contributed by atoms with Gasteiger partial charge in [0.2, 0.25) is 0 Å². The zero-order chi connectivity index (χ0) is 46.3. The SMILES string of the molecule is CC(C)c1cc(F)cc(-c2ccccc2)c1-n1c(-c2[c-]cc3sc4c(-c5ccccc5)cccc4c3c2)nc2ccccc21.[2H]C([2H])(c1cc(-c2[c-]cccc2)ncc1[Si](C)(C)C)C(C)C.[Ir]. The zero-order valence-electron chi connectivity index (χ0n) is 39.7. The second-order valence-corrected chi connectivity index (χ2v) is 24.0. The summed E-state index contributed by atoms with van der Waals surface area (Å²) < 4.78 is 37.0. The van der Waals surface area contributed by atoms with Crippen LogP contribution >= 0.6 is 11.3 Å². The first-order chi connectivity index (χ1) is 31.7. The Morgan fingerprint density at radius 2 is 1.42 bits per heavy atom. The standard InChI is InChI=1S/C40H28FN2S.C18H24NSi.Ir/c1-25(2)32-23-29(41)24-33(27-14-7-4-8-15-27)38(32)43-36-19-10-9-18-35(36)42-40(43)28-20-21-37-34(22-28)31-17-11-16-30(39(31)44-37)26-12-5-3-6-13-26;1-14(2)11-16-12-17(15-9-7-6-8-10-15)19-13-18(16)20(3,4)5;/h3-19,21-25H,1-2H3;6-9,12-14H,11H2,1-5H3;/q2*-1;/i;11D2;. The van der Waals surface area contributed by atoms with E-state index in [1.807, 2.05) is 98.9 Å². The van der Waals surface area contributed by atoms with Gasteiger partial charge in [0.15, 0.2) is 0 Å². The molecule has 0 bridgehead atoms. The van der Waals surface area contributed by atoms with Gasteiger partial charge < -0.3 is 9.55 Å². The van der Waals surface area contributed by atoms with E-state index < -0.39 is 14.4 Å². The molecule has 65 heavy (non-hydrogen) atoms. The van der Waals surface area contributed by atoms with Crippen molar-refractivity contribution < 1.29 is 27.2 Å². The Bertz CT molecular complexity index is 3350. The Labute approximate surface area is 404 Å². The van der Waals surface area contributed by atoms with E-state index in [0.717, 1.165) is 66.8 Å². The van der Waals surface area contributed by atoms with Gasteiger partial charge in [-0.3, -0.25) is 4.98 Å². The van der Waals surface area contributed by atoms with Crippen molar-refractivity contribution in [2.75, 3.05) is 0 Å². The Morgan fingerprint density at radius 1 is 0.723 bits per heavy atom. The molecule has 0 fully saturated rings. The number of hydrogen-bond donors (Lipinski definition) is 0. The minimum atomic E-state index is -1.67. The molecule has 0 N–H and O–H groups in total. The van der Waals surface area contributed by atoms with Crippen LogP contribution < -0.4 is 5.19 Å². The molecule has 10 aromatic rings. The minimum absolute atomic E-state index is 0. The molecule has 0 saturated carbocycles. The van der Waals surface area contributed by atoms with Gasteiger partial charge in [-0.2, -0.15) is 11.3 Å². The van der Waals surface area contributed by atoms with Crippen LogP contribution in [0.3, 0.4) is 0 Å². The summed E-state index contributed by atoms with van der Waals surface area (Å²) in [5.41, 5.74) is 11.4. The van der Waals surface area contributed by atoms with Gasteiger partial charge in [-0.05, 0) is 85.7 Å². The number of imidazole rings is 1. The topological polar surface area (TPSA) is 30.7 Å². The maximum Gasteiger partial charge on any atom is 0.124 e. The van der Waals surface area contributed by atoms with Crippen molar-refractivity contribution in [1.82, 2.24) is 14.5 Å². The first kappa shape index (κ1) is 43.1. The predicted octanol–water partition coefficient (Wildman–Crippen LogP) is 15.7. The first-order valence-electron chi connectivity index (χ1n) is 23.0. The van der Waals surface area contributed by atoms with Crippen LogP contribution in [-0.2, 0) is 26.5 Å². The van der Waals surface area contributed by atoms with Crippen LogP contribution in [0.15, 0.2) is 164 Å². The number of thiophene rings is 1. The maximum absolute atomic E-state index is 15.2. The molecule has 0 unspecified atom stereocenters. The van der Waals surface area contributed by atoms with Crippen LogP contribution in [0, 0.1) is 23.9 Å². The van der Waals surface area contributed by atoms with Gasteiger partial charge in [-0.25, -0.2) is 4.39 Å². The summed E-state index contributed by atoms with van der Waals surface area (Å²) in [7, 11) is -1.67. The number of nitrogens with zero attached hydrogens (tertiary/aromatic N) is 3. The molecule has 0 atom stereocenters. The molecule has 1 radical (unpaired) electrons. The summed E-state index contributed by atoms with van der Waals surface area (Å²) in [6.07, 6.45) is 0.528. The van der Waals surface area contributed by atoms with E-state index in [2.05, 4.69) is 122 Å². The van der Waals surface area contributed by atoms with Crippen LogP contribution in [0.4, 0.5) is 4.39 Å². The second kappa shape index (κ2) is 19.3. The summed E-state index contributed by atoms with van der Waals surface area (Å²) in [6, 6.07) is 59.4. The van der Waals surface area contributed by atoms with E-state index in [1.165, 1.54) is 31.3 Å². The number of hydrogen-bond acceptors (Lipinski definition) is 3. The van der Waals surface area contributed by atoms with Gasteiger partial charge in [-0.1, -0.05) is 155 Å². The normalized spacial score (nSPS) is 12.3. The molecule has 327 valence electrons. The van der Waals surface area contributed by atoms with Crippen molar-refractivity contribution in [2.24, 2.45) is 5.92 Å². The molecule has 3 aromatic heterocycles. The maximum atomic E-state index is 15.2. The van der Waals surface area contributed by atoms with Crippen LogP contribution in [0.25, 0.3) is 81.8 Å². The fraction of sp³-hybridized carbons (Fsp3) is 0.172. The van der Waals surface area contributed by atoms with E-state index in [9.17, 15) is 0 Å². The monoisotopic (exact) mass is 1060 g/mol. The van der Waals surface area contributed by atoms with Gasteiger partial charge in [0.05, 0.1) is 30.6 Å². The van der Waals surface area contributed by atoms with Crippen LogP contribution in [-0.4, -0.2) is 22.6 Å². The van der Waals surface area contributed by atoms with E-state index in [1.54, 1.807) is 23.5 Å². The van der Waals surface area contributed by atoms with Crippen molar-refractivity contribution >= 4 is 55.8 Å². The molecule has 0 aliphatic carbocycles. The molecular formula is C58H52FIrN3SSi-2. The number of fused-ring (bicyclic) bond motifs is 4. The first-order valence-corrected chi connectivity index (χ1v) is 26.3. The van der Waals surface area contributed by atoms with Crippen molar-refractivity contribution in [3.05, 3.63) is 193 Å². The van der Waals surface area contributed by atoms with E-state index in [-0.39, 0.29) is 37.8 Å². The summed E-state index contributed by atoms with van der Waals surface area (Å²) >= 11 is 1.80. The molecular weight excluding hydrogens is 1010 g/mol. The van der Waals surface area contributed by atoms with Gasteiger partial charge >= 0.3 is 0 Å². The zero-order valence-corrected chi connectivity index (χ0v) is 41.9. The van der Waals surface area contributed by atoms with Crippen LogP contribution in [0.1, 0.15) is 47.5 Å². The largest absolute Gasteiger partial charge is 0.332 e. The molecule has 0 spiro atoms. The average molecular weight is 1060 g/mol. The Hall–Kier alpha value is -5.82. The average Bonchev–Trinajstić information content (AvgIpc) is 3.90. The molecule has 3 nitrogen and oxygen atoms in total. The quantitative estimate of drug-likeness (QED) is 0.107. The third-order valence-electron chi connectivity index (χ3n) is 11.5. The Morgan fingerprint density at radius 3 is 2.09 bits per heavy atom. The summed E-state index contributed by atoms with van der Waals surface area (Å²) in [4.78, 5) is 9.78. The second-order valence-electron chi connectivity index (χ2n) is 17.9. The Kier molecular flexibility index (Phi) is 12.8. The molecule has 0 aliphatic rings. The van der Waals surface area contributed by atoms with Crippen LogP contribution in [0.2, 0.25) is 19.6 Å². The number of halogens is 1. The summed E-state index contributed by atoms with van der Waals surface area (Å²) in [5, 5.41) is 3.51. The Balaban J connectivity index is 0.000000224. The molecule has 0 amide bonds. The minimum Gasteiger partial charge on any atom is -0.332 e. The number of benzene rings is 7. The van der Waals surface area contributed by atoms with Crippen molar-refractivity contribution in [3.8, 4) is 50.6 Å². The summed E-state index contributed by atoms with van der Waals surface area (Å²) in [5.74, 6) is 0.546. The number of para-hydroxylation sites is 2. The number of aromatic nitrogens is 3. The molecule has 7 heteroatoms. The predicted molar refractivity (Wildman–Crippen MR) is 273 cm³/mol. The van der Waals surface area contributed by atoms with Crippen molar-refractivity contribution in [3.63, 3.8) is 0 Å². The fourth-order valence-corrected chi connectivity index (χ4v) is 11.1. The molecule has 3 heterocycles. The number of pyridine rings is 1.